The minimum absolute atomic E-state index is 0.0602. The number of amides is 1. The van der Waals surface area contributed by atoms with Crippen molar-refractivity contribution in [2.45, 2.75) is 58.3 Å². The van der Waals surface area contributed by atoms with Gasteiger partial charge in [0.2, 0.25) is 0 Å². The Bertz CT molecular complexity index is 722. The molecule has 4 rings (SSSR count). The first-order valence-corrected chi connectivity index (χ1v) is 9.70. The number of carbonyl (C=O) groups is 1. The van der Waals surface area contributed by atoms with Gasteiger partial charge in [-0.05, 0) is 42.5 Å². The molecule has 1 saturated carbocycles. The summed E-state index contributed by atoms with van der Waals surface area (Å²) in [7, 11) is 0. The molecule has 4 heteroatoms. The van der Waals surface area contributed by atoms with E-state index in [0.29, 0.717) is 6.54 Å². The van der Waals surface area contributed by atoms with Gasteiger partial charge in [-0.2, -0.15) is 0 Å². The number of nitrogens with zero attached hydrogens (tertiary/aromatic N) is 1. The maximum absolute atomic E-state index is 12.5. The second kappa shape index (κ2) is 6.69. The molecule has 1 aliphatic carbocycles. The molecule has 2 heterocycles. The number of fused-ring (bicyclic) bond motifs is 1. The quantitative estimate of drug-likeness (QED) is 0.902. The Labute approximate surface area is 147 Å². The third-order valence-electron chi connectivity index (χ3n) is 5.38. The van der Waals surface area contributed by atoms with E-state index in [1.807, 2.05) is 12.1 Å². The fraction of sp³-hybridized carbons (Fsp3) is 0.450. The predicted molar refractivity (Wildman–Crippen MR) is 98.2 cm³/mol. The number of hydrogen-bond acceptors (Lipinski definition) is 3. The molecule has 0 atom stereocenters. The van der Waals surface area contributed by atoms with Gasteiger partial charge in [-0.15, -0.1) is 11.3 Å². The monoisotopic (exact) mass is 340 g/mol. The normalized spacial score (nSPS) is 18.0. The lowest BCUT2D eigenvalue weighted by molar-refractivity contribution is 0.0954. The van der Waals surface area contributed by atoms with Crippen molar-refractivity contribution in [1.82, 2.24) is 10.2 Å². The van der Waals surface area contributed by atoms with Crippen molar-refractivity contribution in [3.05, 3.63) is 56.8 Å². The van der Waals surface area contributed by atoms with E-state index in [2.05, 4.69) is 35.3 Å². The van der Waals surface area contributed by atoms with Crippen LogP contribution in [0.25, 0.3) is 0 Å². The fourth-order valence-electron chi connectivity index (χ4n) is 3.90. The summed E-state index contributed by atoms with van der Waals surface area (Å²) in [5.41, 5.74) is 3.77. The summed E-state index contributed by atoms with van der Waals surface area (Å²) in [6.07, 6.45) is 5.44. The number of nitrogens with one attached hydrogen (secondary N) is 1. The van der Waals surface area contributed by atoms with E-state index in [4.69, 9.17) is 0 Å². The van der Waals surface area contributed by atoms with Crippen LogP contribution in [0.5, 0.6) is 0 Å². The molecule has 3 nitrogen and oxygen atoms in total. The molecule has 0 radical (unpaired) electrons. The van der Waals surface area contributed by atoms with Crippen molar-refractivity contribution in [2.24, 2.45) is 0 Å². The summed E-state index contributed by atoms with van der Waals surface area (Å²) in [6.45, 7) is 4.75. The largest absolute Gasteiger partial charge is 0.347 e. The first-order valence-electron chi connectivity index (χ1n) is 8.89. The average Bonchev–Trinajstić information content (AvgIpc) is 3.28. The molecule has 2 aromatic rings. The highest BCUT2D eigenvalue weighted by atomic mass is 32.1. The van der Waals surface area contributed by atoms with Crippen molar-refractivity contribution < 1.29 is 4.79 Å². The molecule has 1 N–H and O–H groups in total. The maximum atomic E-state index is 12.5. The van der Waals surface area contributed by atoms with Gasteiger partial charge in [0, 0.05) is 30.6 Å². The molecule has 2 aliphatic rings. The van der Waals surface area contributed by atoms with Crippen LogP contribution in [-0.2, 0) is 19.6 Å². The van der Waals surface area contributed by atoms with E-state index >= 15 is 0 Å². The highest BCUT2D eigenvalue weighted by molar-refractivity contribution is 7.14. The fourth-order valence-corrected chi connectivity index (χ4v) is 5.02. The number of thiophene rings is 1. The van der Waals surface area contributed by atoms with Gasteiger partial charge in [0.1, 0.15) is 0 Å². The van der Waals surface area contributed by atoms with Gasteiger partial charge in [-0.25, -0.2) is 0 Å². The zero-order valence-electron chi connectivity index (χ0n) is 14.2. The summed E-state index contributed by atoms with van der Waals surface area (Å²) in [5.74, 6) is 0.0602. The van der Waals surface area contributed by atoms with Gasteiger partial charge in [0.05, 0.1) is 4.88 Å². The molecular weight excluding hydrogens is 316 g/mol. The van der Waals surface area contributed by atoms with Crippen LogP contribution in [0.15, 0.2) is 30.3 Å². The maximum Gasteiger partial charge on any atom is 0.261 e. The minimum atomic E-state index is 0.0602. The summed E-state index contributed by atoms with van der Waals surface area (Å²) in [6, 6.07) is 11.1. The molecule has 0 saturated heterocycles. The van der Waals surface area contributed by atoms with Gasteiger partial charge in [0.15, 0.2) is 0 Å². The molecule has 1 amide bonds. The van der Waals surface area contributed by atoms with E-state index in [-0.39, 0.29) is 5.91 Å². The SMILES string of the molecule is Cc1ccccc1CNC(=O)c1cc2c(s1)CN(C1CCCC1)C2. The third kappa shape index (κ3) is 3.13. The predicted octanol–water partition coefficient (Wildman–Crippen LogP) is 4.24. The third-order valence-corrected chi connectivity index (χ3v) is 6.54. The Hall–Kier alpha value is -1.65. The van der Waals surface area contributed by atoms with E-state index < -0.39 is 0 Å². The van der Waals surface area contributed by atoms with E-state index in [0.717, 1.165) is 24.0 Å². The van der Waals surface area contributed by atoms with Crippen molar-refractivity contribution in [3.63, 3.8) is 0 Å². The van der Waals surface area contributed by atoms with Gasteiger partial charge in [-0.3, -0.25) is 9.69 Å². The lowest BCUT2D eigenvalue weighted by Crippen LogP contribution is -2.28. The van der Waals surface area contributed by atoms with Crippen LogP contribution < -0.4 is 5.32 Å². The molecule has 0 unspecified atom stereocenters. The van der Waals surface area contributed by atoms with Crippen LogP contribution in [0.4, 0.5) is 0 Å². The highest BCUT2D eigenvalue weighted by Gasteiger charge is 2.30. The van der Waals surface area contributed by atoms with Crippen LogP contribution in [0, 0.1) is 6.92 Å². The summed E-state index contributed by atoms with van der Waals surface area (Å²) >= 11 is 1.68. The molecule has 1 aromatic carbocycles. The van der Waals surface area contributed by atoms with Crippen LogP contribution in [0.3, 0.4) is 0 Å². The molecule has 1 fully saturated rings. The summed E-state index contributed by atoms with van der Waals surface area (Å²) in [5, 5.41) is 3.07. The lowest BCUT2D eigenvalue weighted by atomic mass is 10.1. The van der Waals surface area contributed by atoms with Crippen LogP contribution >= 0.6 is 11.3 Å². The molecule has 24 heavy (non-hydrogen) atoms. The first kappa shape index (κ1) is 15.9. The van der Waals surface area contributed by atoms with E-state index in [9.17, 15) is 4.79 Å². The van der Waals surface area contributed by atoms with E-state index in [1.54, 1.807) is 11.3 Å². The Kier molecular flexibility index (Phi) is 4.42. The Morgan fingerprint density at radius 3 is 2.79 bits per heavy atom. The molecule has 0 bridgehead atoms. The Morgan fingerprint density at radius 2 is 2.04 bits per heavy atom. The lowest BCUT2D eigenvalue weighted by Gasteiger charge is -2.22. The first-order chi connectivity index (χ1) is 11.7. The average molecular weight is 340 g/mol. The standard InChI is InChI=1S/C20H24N2OS/c1-14-6-2-3-7-15(14)11-21-20(23)18-10-16-12-22(13-19(16)24-18)17-8-4-5-9-17/h2-3,6-7,10,17H,4-5,8-9,11-13H2,1H3,(H,21,23). The van der Waals surface area contributed by atoms with Gasteiger partial charge in [-0.1, -0.05) is 37.1 Å². The second-order valence-corrected chi connectivity index (χ2v) is 8.15. The second-order valence-electron chi connectivity index (χ2n) is 7.01. The zero-order chi connectivity index (χ0) is 16.5. The van der Waals surface area contributed by atoms with Gasteiger partial charge >= 0.3 is 0 Å². The van der Waals surface area contributed by atoms with Crippen molar-refractivity contribution >= 4 is 17.2 Å². The number of benzene rings is 1. The number of carbonyl (C=O) groups excluding carboxylic acids is 1. The van der Waals surface area contributed by atoms with Crippen molar-refractivity contribution in [3.8, 4) is 0 Å². The molecule has 1 aromatic heterocycles. The van der Waals surface area contributed by atoms with Crippen molar-refractivity contribution in [1.29, 1.82) is 0 Å². The highest BCUT2D eigenvalue weighted by Crippen LogP contribution is 2.35. The Morgan fingerprint density at radius 1 is 1.25 bits per heavy atom. The van der Waals surface area contributed by atoms with Crippen LogP contribution in [0.2, 0.25) is 0 Å². The topological polar surface area (TPSA) is 32.3 Å². The van der Waals surface area contributed by atoms with Crippen LogP contribution in [0.1, 0.15) is 56.9 Å². The minimum Gasteiger partial charge on any atom is -0.347 e. The van der Waals surface area contributed by atoms with E-state index in [1.165, 1.54) is 47.3 Å². The van der Waals surface area contributed by atoms with Gasteiger partial charge in [0.25, 0.3) is 5.91 Å². The number of hydrogen-bond donors (Lipinski definition) is 1. The summed E-state index contributed by atoms with van der Waals surface area (Å²) in [4.78, 5) is 17.3. The van der Waals surface area contributed by atoms with Gasteiger partial charge < -0.3 is 5.32 Å². The molecular formula is C20H24N2OS. The molecule has 126 valence electrons. The van der Waals surface area contributed by atoms with Crippen molar-refractivity contribution in [2.75, 3.05) is 0 Å². The number of rotatable bonds is 4. The Balaban J connectivity index is 1.37. The van der Waals surface area contributed by atoms with Crippen LogP contribution in [-0.4, -0.2) is 16.8 Å². The smallest absolute Gasteiger partial charge is 0.261 e. The molecule has 1 aliphatic heterocycles. The number of aryl methyl sites for hydroxylation is 1. The zero-order valence-corrected chi connectivity index (χ0v) is 15.0. The summed E-state index contributed by atoms with van der Waals surface area (Å²) < 4.78 is 0. The molecule has 0 spiro atoms.